The molecule has 0 saturated carbocycles. The van der Waals surface area contributed by atoms with Crippen LogP contribution in [0.3, 0.4) is 0 Å². The molecule has 0 aromatic heterocycles. The number of rotatable bonds is 5. The molecule has 6 heteroatoms. The molecule has 1 fully saturated rings. The smallest absolute Gasteiger partial charge is 0.322 e. The summed E-state index contributed by atoms with van der Waals surface area (Å²) in [5, 5.41) is 2.94. The summed E-state index contributed by atoms with van der Waals surface area (Å²) in [6.07, 6.45) is 0. The summed E-state index contributed by atoms with van der Waals surface area (Å²) in [6.45, 7) is 5.46. The molecular weight excluding hydrogens is 330 g/mol. The Morgan fingerprint density at radius 2 is 1.65 bits per heavy atom. The number of piperazine rings is 1. The van der Waals surface area contributed by atoms with Crippen LogP contribution in [-0.2, 0) is 0 Å². The molecule has 26 heavy (non-hydrogen) atoms. The molecule has 6 nitrogen and oxygen atoms in total. The maximum absolute atomic E-state index is 12.6. The molecule has 0 bridgehead atoms. The number of ether oxygens (including phenoxy) is 2. The van der Waals surface area contributed by atoms with Crippen molar-refractivity contribution in [2.75, 3.05) is 50.1 Å². The summed E-state index contributed by atoms with van der Waals surface area (Å²) >= 11 is 0. The van der Waals surface area contributed by atoms with Crippen molar-refractivity contribution in [3.63, 3.8) is 0 Å². The molecule has 1 heterocycles. The molecule has 1 saturated heterocycles. The molecule has 2 aromatic rings. The summed E-state index contributed by atoms with van der Waals surface area (Å²) in [4.78, 5) is 16.7. The molecule has 1 N–H and O–H groups in total. The largest absolute Gasteiger partial charge is 0.495 e. The van der Waals surface area contributed by atoms with Crippen LogP contribution in [0.1, 0.15) is 6.92 Å². The average Bonchev–Trinajstić information content (AvgIpc) is 2.69. The minimum Gasteiger partial charge on any atom is -0.495 e. The fourth-order valence-electron chi connectivity index (χ4n) is 3.09. The molecule has 0 spiro atoms. The standard InChI is InChI=1S/C20H25N3O3/c1-3-26-19-11-7-5-9-17(19)22-12-14-23(15-13-22)20(24)21-16-8-4-6-10-18(16)25-2/h4-11H,3,12-15H2,1-2H3,(H,21,24). The van der Waals surface area contributed by atoms with Crippen molar-refractivity contribution >= 4 is 17.4 Å². The molecule has 1 aliphatic heterocycles. The third-order valence-electron chi connectivity index (χ3n) is 4.42. The van der Waals surface area contributed by atoms with Crippen molar-refractivity contribution < 1.29 is 14.3 Å². The molecular formula is C20H25N3O3. The number of nitrogens with one attached hydrogen (secondary N) is 1. The summed E-state index contributed by atoms with van der Waals surface area (Å²) < 4.78 is 11.0. The van der Waals surface area contributed by atoms with E-state index in [1.54, 1.807) is 7.11 Å². The van der Waals surface area contributed by atoms with E-state index in [-0.39, 0.29) is 6.03 Å². The predicted octanol–water partition coefficient (Wildman–Crippen LogP) is 3.45. The van der Waals surface area contributed by atoms with Gasteiger partial charge in [-0.2, -0.15) is 0 Å². The lowest BCUT2D eigenvalue weighted by Gasteiger charge is -2.36. The van der Waals surface area contributed by atoms with Crippen molar-refractivity contribution in [1.29, 1.82) is 0 Å². The molecule has 3 rings (SSSR count). The van der Waals surface area contributed by atoms with Gasteiger partial charge in [0.25, 0.3) is 0 Å². The molecule has 138 valence electrons. The van der Waals surface area contributed by atoms with Crippen LogP contribution < -0.4 is 19.7 Å². The molecule has 1 aliphatic rings. The monoisotopic (exact) mass is 355 g/mol. The van der Waals surface area contributed by atoms with Crippen molar-refractivity contribution in [3.05, 3.63) is 48.5 Å². The molecule has 0 unspecified atom stereocenters. The maximum Gasteiger partial charge on any atom is 0.322 e. The summed E-state index contributed by atoms with van der Waals surface area (Å²) in [5.74, 6) is 1.55. The first-order valence-electron chi connectivity index (χ1n) is 8.88. The number of amides is 2. The Morgan fingerprint density at radius 3 is 2.35 bits per heavy atom. The second kappa shape index (κ2) is 8.47. The van der Waals surface area contributed by atoms with Gasteiger partial charge in [-0.15, -0.1) is 0 Å². The zero-order valence-electron chi connectivity index (χ0n) is 15.3. The van der Waals surface area contributed by atoms with Gasteiger partial charge in [0.05, 0.1) is 25.1 Å². The molecule has 2 aromatic carbocycles. The van der Waals surface area contributed by atoms with Crippen LogP contribution in [0.5, 0.6) is 11.5 Å². The Bertz CT molecular complexity index is 743. The fourth-order valence-corrected chi connectivity index (χ4v) is 3.09. The summed E-state index contributed by atoms with van der Waals surface area (Å²) in [7, 11) is 1.60. The normalized spacial score (nSPS) is 14.1. The number of para-hydroxylation sites is 4. The lowest BCUT2D eigenvalue weighted by molar-refractivity contribution is 0.208. The second-order valence-corrected chi connectivity index (χ2v) is 6.01. The first-order chi connectivity index (χ1) is 12.7. The van der Waals surface area contributed by atoms with Gasteiger partial charge >= 0.3 is 6.03 Å². The highest BCUT2D eigenvalue weighted by atomic mass is 16.5. The van der Waals surface area contributed by atoms with Gasteiger partial charge in [-0.25, -0.2) is 4.79 Å². The van der Waals surface area contributed by atoms with Crippen molar-refractivity contribution in [2.24, 2.45) is 0 Å². The van der Waals surface area contributed by atoms with Crippen molar-refractivity contribution in [2.45, 2.75) is 6.92 Å². The van der Waals surface area contributed by atoms with E-state index >= 15 is 0 Å². The second-order valence-electron chi connectivity index (χ2n) is 6.01. The third-order valence-corrected chi connectivity index (χ3v) is 4.42. The number of nitrogens with zero attached hydrogens (tertiary/aromatic N) is 2. The Hall–Kier alpha value is -2.89. The Morgan fingerprint density at radius 1 is 1.00 bits per heavy atom. The first-order valence-corrected chi connectivity index (χ1v) is 8.88. The third kappa shape index (κ3) is 4.02. The van der Waals surface area contributed by atoms with Crippen molar-refractivity contribution in [1.82, 2.24) is 4.90 Å². The summed E-state index contributed by atoms with van der Waals surface area (Å²) in [6, 6.07) is 15.4. The Balaban J connectivity index is 1.61. The first kappa shape index (κ1) is 17.9. The number of urea groups is 1. The van der Waals surface area contributed by atoms with Gasteiger partial charge in [0, 0.05) is 26.2 Å². The van der Waals surface area contributed by atoms with Crippen LogP contribution >= 0.6 is 0 Å². The number of benzene rings is 2. The lowest BCUT2D eigenvalue weighted by Crippen LogP contribution is -2.50. The number of hydrogen-bond acceptors (Lipinski definition) is 4. The Kier molecular flexibility index (Phi) is 5.84. The number of methoxy groups -OCH3 is 1. The van der Waals surface area contributed by atoms with E-state index in [0.717, 1.165) is 24.5 Å². The maximum atomic E-state index is 12.6. The van der Waals surface area contributed by atoms with Crippen LogP contribution in [0.4, 0.5) is 16.2 Å². The molecule has 0 aliphatic carbocycles. The minimum atomic E-state index is -0.104. The minimum absolute atomic E-state index is 0.104. The van der Waals surface area contributed by atoms with E-state index < -0.39 is 0 Å². The van der Waals surface area contributed by atoms with Gasteiger partial charge in [0.2, 0.25) is 0 Å². The van der Waals surface area contributed by atoms with E-state index in [1.165, 1.54) is 0 Å². The van der Waals surface area contributed by atoms with E-state index in [4.69, 9.17) is 9.47 Å². The van der Waals surface area contributed by atoms with Gasteiger partial charge < -0.3 is 24.6 Å². The number of hydrogen-bond donors (Lipinski definition) is 1. The predicted molar refractivity (Wildman–Crippen MR) is 103 cm³/mol. The summed E-state index contributed by atoms with van der Waals surface area (Å²) in [5.41, 5.74) is 1.77. The van der Waals surface area contributed by atoms with Crippen LogP contribution in [0, 0.1) is 0 Å². The van der Waals surface area contributed by atoms with Gasteiger partial charge in [-0.3, -0.25) is 0 Å². The zero-order valence-corrected chi connectivity index (χ0v) is 15.3. The average molecular weight is 355 g/mol. The Labute approximate surface area is 154 Å². The number of carbonyl (C=O) groups is 1. The van der Waals surface area contributed by atoms with Crippen LogP contribution in [0.25, 0.3) is 0 Å². The highest BCUT2D eigenvalue weighted by molar-refractivity contribution is 5.91. The lowest BCUT2D eigenvalue weighted by atomic mass is 10.2. The van der Waals surface area contributed by atoms with Gasteiger partial charge in [0.15, 0.2) is 0 Å². The highest BCUT2D eigenvalue weighted by Gasteiger charge is 2.23. The molecule has 2 amide bonds. The van der Waals surface area contributed by atoms with Crippen LogP contribution in [0.2, 0.25) is 0 Å². The molecule has 0 atom stereocenters. The number of carbonyl (C=O) groups excluding carboxylic acids is 1. The van der Waals surface area contributed by atoms with Crippen molar-refractivity contribution in [3.8, 4) is 11.5 Å². The topological polar surface area (TPSA) is 54.0 Å². The van der Waals surface area contributed by atoms with Gasteiger partial charge in [-0.1, -0.05) is 24.3 Å². The highest BCUT2D eigenvalue weighted by Crippen LogP contribution is 2.29. The van der Waals surface area contributed by atoms with Gasteiger partial charge in [0.1, 0.15) is 11.5 Å². The van der Waals surface area contributed by atoms with E-state index in [1.807, 2.05) is 54.3 Å². The SMILES string of the molecule is CCOc1ccccc1N1CCN(C(=O)Nc2ccccc2OC)CC1. The zero-order chi connectivity index (χ0) is 18.4. The fraction of sp³-hybridized carbons (Fsp3) is 0.350. The van der Waals surface area contributed by atoms with E-state index in [2.05, 4.69) is 16.3 Å². The van der Waals surface area contributed by atoms with Crippen LogP contribution in [0.15, 0.2) is 48.5 Å². The van der Waals surface area contributed by atoms with Crippen LogP contribution in [-0.4, -0.2) is 50.8 Å². The molecule has 0 radical (unpaired) electrons. The number of anilines is 2. The van der Waals surface area contributed by atoms with E-state index in [9.17, 15) is 4.79 Å². The van der Waals surface area contributed by atoms with E-state index in [0.29, 0.717) is 31.1 Å². The quantitative estimate of drug-likeness (QED) is 0.893. The van der Waals surface area contributed by atoms with Gasteiger partial charge in [-0.05, 0) is 31.2 Å².